The molecule has 0 saturated carbocycles. The second kappa shape index (κ2) is 5.63. The lowest BCUT2D eigenvalue weighted by molar-refractivity contribution is -0.146. The molecule has 0 aliphatic carbocycles. The smallest absolute Gasteiger partial charge is 0.333 e. The molecule has 0 bridgehead atoms. The summed E-state index contributed by atoms with van der Waals surface area (Å²) in [6.07, 6.45) is -1.79. The van der Waals surface area contributed by atoms with Crippen molar-refractivity contribution in [3.8, 4) is 0 Å². The van der Waals surface area contributed by atoms with E-state index in [9.17, 15) is 13.2 Å². The van der Waals surface area contributed by atoms with Gasteiger partial charge in [-0.15, -0.1) is 11.3 Å². The molecule has 96 valence electrons. The first-order valence-corrected chi connectivity index (χ1v) is 7.56. The zero-order valence-electron chi connectivity index (χ0n) is 8.05. The summed E-state index contributed by atoms with van der Waals surface area (Å²) in [6, 6.07) is 1.23. The predicted octanol–water partition coefficient (Wildman–Crippen LogP) is 0.888. The first-order chi connectivity index (χ1) is 7.74. The average Bonchev–Trinajstić information content (AvgIpc) is 2.56. The summed E-state index contributed by atoms with van der Waals surface area (Å²) >= 11 is 9.63. The Labute approximate surface area is 114 Å². The maximum atomic E-state index is 11.6. The number of hydrogen-bond acceptors (Lipinski definition) is 5. The second-order valence-electron chi connectivity index (χ2n) is 2.89. The molecule has 6 nitrogen and oxygen atoms in total. The molecular weight excluding hydrogens is 358 g/mol. The molecule has 17 heavy (non-hydrogen) atoms. The SMILES string of the molecule is O=C(O)[C@@H](O)CNS(=O)(=O)c1cc(Cl)c(Br)s1. The van der Waals surface area contributed by atoms with Crippen LogP contribution in [0, 0.1) is 0 Å². The molecule has 0 radical (unpaired) electrons. The van der Waals surface area contributed by atoms with Gasteiger partial charge in [0, 0.05) is 6.54 Å². The van der Waals surface area contributed by atoms with Gasteiger partial charge < -0.3 is 10.2 Å². The zero-order valence-corrected chi connectivity index (χ0v) is 12.0. The van der Waals surface area contributed by atoms with Gasteiger partial charge in [-0.05, 0) is 22.0 Å². The third-order valence-electron chi connectivity index (χ3n) is 1.64. The molecule has 1 aromatic heterocycles. The number of aliphatic carboxylic acids is 1. The van der Waals surface area contributed by atoms with Gasteiger partial charge >= 0.3 is 5.97 Å². The van der Waals surface area contributed by atoms with Crippen LogP contribution in [0.2, 0.25) is 5.02 Å². The van der Waals surface area contributed by atoms with Gasteiger partial charge in [0.05, 0.1) is 8.81 Å². The number of nitrogens with one attached hydrogen (secondary N) is 1. The van der Waals surface area contributed by atoms with Gasteiger partial charge in [0.25, 0.3) is 0 Å². The predicted molar refractivity (Wildman–Crippen MR) is 65.9 cm³/mol. The van der Waals surface area contributed by atoms with Crippen molar-refractivity contribution in [2.45, 2.75) is 10.3 Å². The van der Waals surface area contributed by atoms with Crippen molar-refractivity contribution in [1.29, 1.82) is 0 Å². The average molecular weight is 365 g/mol. The molecule has 10 heteroatoms. The Hall–Kier alpha value is -0.190. The van der Waals surface area contributed by atoms with Gasteiger partial charge in [-0.2, -0.15) is 0 Å². The molecule has 1 aromatic rings. The highest BCUT2D eigenvalue weighted by atomic mass is 79.9. The van der Waals surface area contributed by atoms with Gasteiger partial charge in [0.1, 0.15) is 4.21 Å². The van der Waals surface area contributed by atoms with E-state index in [1.165, 1.54) is 6.07 Å². The number of aliphatic hydroxyl groups is 1. The van der Waals surface area contributed by atoms with E-state index in [0.29, 0.717) is 3.79 Å². The van der Waals surface area contributed by atoms with Crippen molar-refractivity contribution in [2.75, 3.05) is 6.54 Å². The molecule has 1 heterocycles. The van der Waals surface area contributed by atoms with E-state index >= 15 is 0 Å². The summed E-state index contributed by atoms with van der Waals surface area (Å²) < 4.78 is 25.6. The molecule has 1 rings (SSSR count). The lowest BCUT2D eigenvalue weighted by Gasteiger charge is -2.06. The minimum absolute atomic E-state index is 0.0630. The minimum Gasteiger partial charge on any atom is -0.479 e. The standard InChI is InChI=1S/C7H7BrClNO5S2/c8-6-3(9)1-5(16-6)17(14,15)10-2-4(11)7(12)13/h1,4,10-11H,2H2,(H,12,13)/t4-/m0/s1. The highest BCUT2D eigenvalue weighted by molar-refractivity contribution is 9.11. The Kier molecular flexibility index (Phi) is 4.93. The van der Waals surface area contributed by atoms with E-state index in [1.807, 2.05) is 4.72 Å². The van der Waals surface area contributed by atoms with Crippen LogP contribution < -0.4 is 4.72 Å². The first kappa shape index (κ1) is 14.9. The number of aliphatic hydroxyl groups excluding tert-OH is 1. The molecule has 0 unspecified atom stereocenters. The highest BCUT2D eigenvalue weighted by Gasteiger charge is 2.22. The number of sulfonamides is 1. The molecule has 0 fully saturated rings. The quantitative estimate of drug-likeness (QED) is 0.720. The molecule has 0 aliphatic heterocycles. The minimum atomic E-state index is -3.86. The maximum Gasteiger partial charge on any atom is 0.333 e. The number of carbonyl (C=O) groups is 1. The lowest BCUT2D eigenvalue weighted by atomic mass is 10.4. The van der Waals surface area contributed by atoms with Crippen LogP contribution >= 0.6 is 38.9 Å². The molecule has 0 aliphatic rings. The number of rotatable bonds is 5. The fourth-order valence-electron chi connectivity index (χ4n) is 0.806. The molecular formula is C7H7BrClNO5S2. The van der Waals surface area contributed by atoms with Crippen LogP contribution in [0.25, 0.3) is 0 Å². The fourth-order valence-corrected chi connectivity index (χ4v) is 4.29. The Balaban J connectivity index is 2.79. The monoisotopic (exact) mass is 363 g/mol. The van der Waals surface area contributed by atoms with Crippen LogP contribution in [-0.4, -0.2) is 37.2 Å². The molecule has 0 spiro atoms. The van der Waals surface area contributed by atoms with E-state index in [0.717, 1.165) is 11.3 Å². The topological polar surface area (TPSA) is 104 Å². The zero-order chi connectivity index (χ0) is 13.2. The number of carboxylic acids is 1. The largest absolute Gasteiger partial charge is 0.479 e. The normalized spacial score (nSPS) is 13.6. The number of thiophene rings is 1. The van der Waals surface area contributed by atoms with Crippen LogP contribution in [0.4, 0.5) is 0 Å². The van der Waals surface area contributed by atoms with Crippen molar-refractivity contribution < 1.29 is 23.4 Å². The van der Waals surface area contributed by atoms with E-state index in [4.69, 9.17) is 21.8 Å². The summed E-state index contributed by atoms with van der Waals surface area (Å²) in [5, 5.41) is 17.6. The Bertz CT molecular complexity index is 509. The Morgan fingerprint density at radius 1 is 1.65 bits per heavy atom. The van der Waals surface area contributed by atoms with E-state index in [2.05, 4.69) is 15.9 Å². The van der Waals surface area contributed by atoms with Crippen LogP contribution in [0.3, 0.4) is 0 Å². The summed E-state index contributed by atoms with van der Waals surface area (Å²) in [7, 11) is -3.86. The lowest BCUT2D eigenvalue weighted by Crippen LogP contribution is -2.36. The fraction of sp³-hybridized carbons (Fsp3) is 0.286. The number of halogens is 2. The third-order valence-corrected chi connectivity index (χ3v) is 6.01. The van der Waals surface area contributed by atoms with E-state index < -0.39 is 28.6 Å². The van der Waals surface area contributed by atoms with Gasteiger partial charge in [-0.3, -0.25) is 0 Å². The van der Waals surface area contributed by atoms with Crippen molar-refractivity contribution >= 4 is 54.9 Å². The summed E-state index contributed by atoms with van der Waals surface area (Å²) in [6.45, 7) is -0.606. The van der Waals surface area contributed by atoms with E-state index in [-0.39, 0.29) is 9.23 Å². The van der Waals surface area contributed by atoms with Crippen molar-refractivity contribution in [3.05, 3.63) is 14.9 Å². The third kappa shape index (κ3) is 3.90. The molecule has 1 atom stereocenters. The van der Waals surface area contributed by atoms with Crippen LogP contribution in [0.5, 0.6) is 0 Å². The maximum absolute atomic E-state index is 11.6. The van der Waals surface area contributed by atoms with Gasteiger partial charge in [0.2, 0.25) is 10.0 Å². The second-order valence-corrected chi connectivity index (χ2v) is 7.66. The molecule has 0 aromatic carbocycles. The number of carboxylic acid groups (broad SMARTS) is 1. The van der Waals surface area contributed by atoms with Crippen LogP contribution in [0.1, 0.15) is 0 Å². The van der Waals surface area contributed by atoms with Crippen molar-refractivity contribution in [2.24, 2.45) is 0 Å². The van der Waals surface area contributed by atoms with Crippen molar-refractivity contribution in [1.82, 2.24) is 4.72 Å². The number of hydrogen-bond donors (Lipinski definition) is 3. The van der Waals surface area contributed by atoms with Gasteiger partial charge in [0.15, 0.2) is 6.10 Å². The van der Waals surface area contributed by atoms with Gasteiger partial charge in [-0.1, -0.05) is 11.6 Å². The van der Waals surface area contributed by atoms with Crippen LogP contribution in [-0.2, 0) is 14.8 Å². The Morgan fingerprint density at radius 2 is 2.24 bits per heavy atom. The Morgan fingerprint density at radius 3 is 2.65 bits per heavy atom. The molecule has 0 amide bonds. The first-order valence-electron chi connectivity index (χ1n) is 4.09. The highest BCUT2D eigenvalue weighted by Crippen LogP contribution is 2.34. The van der Waals surface area contributed by atoms with Crippen molar-refractivity contribution in [3.63, 3.8) is 0 Å². The molecule has 3 N–H and O–H groups in total. The van der Waals surface area contributed by atoms with E-state index in [1.54, 1.807) is 0 Å². The van der Waals surface area contributed by atoms with Crippen LogP contribution in [0.15, 0.2) is 14.1 Å². The summed E-state index contributed by atoms with van der Waals surface area (Å²) in [4.78, 5) is 10.3. The summed E-state index contributed by atoms with van der Waals surface area (Å²) in [5.74, 6) is -1.50. The summed E-state index contributed by atoms with van der Waals surface area (Å²) in [5.41, 5.74) is 0. The van der Waals surface area contributed by atoms with Gasteiger partial charge in [-0.25, -0.2) is 17.9 Å². The molecule has 0 saturated heterocycles.